The number of benzene rings is 2. The van der Waals surface area contributed by atoms with Gasteiger partial charge >= 0.3 is 0 Å². The van der Waals surface area contributed by atoms with Crippen LogP contribution in [0, 0.1) is 0 Å². The Bertz CT molecular complexity index is 1130. The molecule has 1 aliphatic heterocycles. The predicted molar refractivity (Wildman–Crippen MR) is 127 cm³/mol. The lowest BCUT2D eigenvalue weighted by atomic mass is 10.2. The Morgan fingerprint density at radius 2 is 1.82 bits per heavy atom. The zero-order chi connectivity index (χ0) is 24.7. The molecule has 3 N–H and O–H groups in total. The summed E-state index contributed by atoms with van der Waals surface area (Å²) >= 11 is 0.733. The Morgan fingerprint density at radius 3 is 2.47 bits per heavy atom. The average molecular weight is 486 g/mol. The van der Waals surface area contributed by atoms with Crippen LogP contribution in [-0.4, -0.2) is 54.7 Å². The second-order valence-electron chi connectivity index (χ2n) is 6.94. The molecule has 2 aromatic carbocycles. The number of thioether (sulfide) groups is 1. The zero-order valence-electron chi connectivity index (χ0n) is 18.5. The molecule has 1 saturated heterocycles. The van der Waals surface area contributed by atoms with Crippen LogP contribution < -0.4 is 25.3 Å². The molecule has 10 nitrogen and oxygen atoms in total. The third-order valence-electron chi connectivity index (χ3n) is 4.48. The Morgan fingerprint density at radius 1 is 1.09 bits per heavy atom. The largest absolute Gasteiger partial charge is 0.494 e. The first-order chi connectivity index (χ1) is 16.3. The van der Waals surface area contributed by atoms with Gasteiger partial charge in [-0.05, 0) is 66.7 Å². The van der Waals surface area contributed by atoms with Gasteiger partial charge in [0.25, 0.3) is 17.1 Å². The van der Waals surface area contributed by atoms with Gasteiger partial charge in [0.15, 0.2) is 18.1 Å². The highest BCUT2D eigenvalue weighted by Crippen LogP contribution is 2.34. The normalized spacial score (nSPS) is 14.3. The van der Waals surface area contributed by atoms with Crippen molar-refractivity contribution in [3.05, 3.63) is 52.9 Å². The average Bonchev–Trinajstić information content (AvgIpc) is 3.06. The van der Waals surface area contributed by atoms with Crippen molar-refractivity contribution in [3.63, 3.8) is 0 Å². The van der Waals surface area contributed by atoms with E-state index in [2.05, 4.69) is 5.32 Å². The summed E-state index contributed by atoms with van der Waals surface area (Å²) in [7, 11) is 1.42. The minimum absolute atomic E-state index is 0.159. The van der Waals surface area contributed by atoms with Gasteiger partial charge in [0.1, 0.15) is 12.3 Å². The van der Waals surface area contributed by atoms with E-state index in [0.29, 0.717) is 35.1 Å². The molecule has 0 spiro atoms. The molecule has 1 fully saturated rings. The lowest BCUT2D eigenvalue weighted by Gasteiger charge is -2.13. The summed E-state index contributed by atoms with van der Waals surface area (Å²) in [6.07, 6.45) is 1.51. The van der Waals surface area contributed by atoms with Crippen molar-refractivity contribution in [2.24, 2.45) is 5.73 Å². The summed E-state index contributed by atoms with van der Waals surface area (Å²) < 4.78 is 15.9. The molecule has 0 bridgehead atoms. The van der Waals surface area contributed by atoms with Crippen molar-refractivity contribution >= 4 is 46.5 Å². The smallest absolute Gasteiger partial charge is 0.294 e. The number of carbonyl (C=O) groups is 4. The number of hydrogen-bond acceptors (Lipinski definition) is 8. The molecule has 0 aliphatic carbocycles. The molecule has 34 heavy (non-hydrogen) atoms. The van der Waals surface area contributed by atoms with E-state index in [-0.39, 0.29) is 11.5 Å². The van der Waals surface area contributed by atoms with Crippen molar-refractivity contribution in [1.82, 2.24) is 4.90 Å². The van der Waals surface area contributed by atoms with Crippen LogP contribution in [0.25, 0.3) is 6.08 Å². The van der Waals surface area contributed by atoms with Crippen molar-refractivity contribution in [1.29, 1.82) is 0 Å². The summed E-state index contributed by atoms with van der Waals surface area (Å²) in [5.41, 5.74) is 6.16. The van der Waals surface area contributed by atoms with Crippen LogP contribution in [0.15, 0.2) is 47.4 Å². The fourth-order valence-electron chi connectivity index (χ4n) is 2.98. The molecule has 2 aromatic rings. The topological polar surface area (TPSA) is 137 Å². The number of nitrogens with two attached hydrogens (primary N) is 1. The molecule has 3 rings (SSSR count). The van der Waals surface area contributed by atoms with Crippen molar-refractivity contribution in [2.45, 2.75) is 6.92 Å². The minimum Gasteiger partial charge on any atom is -0.494 e. The lowest BCUT2D eigenvalue weighted by Crippen LogP contribution is -2.36. The fraction of sp³-hybridized carbons (Fsp3) is 0.217. The molecule has 0 radical (unpaired) electrons. The van der Waals surface area contributed by atoms with Gasteiger partial charge in [0.05, 0.1) is 18.6 Å². The van der Waals surface area contributed by atoms with Crippen LogP contribution in [0.4, 0.5) is 10.5 Å². The van der Waals surface area contributed by atoms with E-state index in [0.717, 1.165) is 16.7 Å². The summed E-state index contributed by atoms with van der Waals surface area (Å²) in [5, 5.41) is 2.10. The standard InChI is InChI=1S/C23H23N3O7S/c1-3-32-16-7-5-15(6-8-16)25-21(28)12-26-22(29)19(34-23(26)30)11-14-4-9-17(18(10-14)31-2)33-13-20(24)27/h4-11H,3,12-13H2,1-2H3,(H2,24,27)(H,25,28)/b19-11+. The summed E-state index contributed by atoms with van der Waals surface area (Å²) in [6.45, 7) is 1.66. The Hall–Kier alpha value is -3.99. The number of imide groups is 1. The molecule has 1 heterocycles. The van der Waals surface area contributed by atoms with E-state index in [9.17, 15) is 19.2 Å². The van der Waals surface area contributed by atoms with Crippen molar-refractivity contribution in [3.8, 4) is 17.2 Å². The number of nitrogens with one attached hydrogen (secondary N) is 1. The van der Waals surface area contributed by atoms with Gasteiger partial charge in [-0.15, -0.1) is 0 Å². The number of anilines is 1. The number of nitrogens with zero attached hydrogens (tertiary/aromatic N) is 1. The Labute approximate surface area is 200 Å². The van der Waals surface area contributed by atoms with Crippen LogP contribution in [0.1, 0.15) is 12.5 Å². The second-order valence-corrected chi connectivity index (χ2v) is 7.93. The third-order valence-corrected chi connectivity index (χ3v) is 5.39. The number of rotatable bonds is 10. The predicted octanol–water partition coefficient (Wildman–Crippen LogP) is 2.63. The summed E-state index contributed by atoms with van der Waals surface area (Å²) in [6, 6.07) is 11.5. The molecule has 1 aliphatic rings. The van der Waals surface area contributed by atoms with Gasteiger partial charge in [0, 0.05) is 5.69 Å². The molecule has 4 amide bonds. The highest BCUT2D eigenvalue weighted by molar-refractivity contribution is 8.18. The highest BCUT2D eigenvalue weighted by atomic mass is 32.2. The first-order valence-electron chi connectivity index (χ1n) is 10.2. The number of methoxy groups -OCH3 is 1. The van der Waals surface area contributed by atoms with E-state index in [1.165, 1.54) is 13.2 Å². The van der Waals surface area contributed by atoms with Crippen LogP contribution in [-0.2, 0) is 14.4 Å². The fourth-order valence-corrected chi connectivity index (χ4v) is 3.81. The molecule has 0 saturated carbocycles. The van der Waals surface area contributed by atoms with E-state index in [4.69, 9.17) is 19.9 Å². The summed E-state index contributed by atoms with van der Waals surface area (Å²) in [5.74, 6) is -0.427. The zero-order valence-corrected chi connectivity index (χ0v) is 19.3. The van der Waals surface area contributed by atoms with Gasteiger partial charge in [0.2, 0.25) is 5.91 Å². The Balaban J connectivity index is 1.66. The number of carbonyl (C=O) groups excluding carboxylic acids is 4. The SMILES string of the molecule is CCOc1ccc(NC(=O)CN2C(=O)S/C(=C/c3ccc(OCC(N)=O)c(OC)c3)C2=O)cc1. The quantitative estimate of drug-likeness (QED) is 0.490. The molecule has 0 atom stereocenters. The van der Waals surface area contributed by atoms with E-state index >= 15 is 0 Å². The van der Waals surface area contributed by atoms with Crippen LogP contribution >= 0.6 is 11.8 Å². The third kappa shape index (κ3) is 6.29. The van der Waals surface area contributed by atoms with Gasteiger partial charge in [-0.1, -0.05) is 6.07 Å². The number of amides is 4. The van der Waals surface area contributed by atoms with Crippen LogP contribution in [0.5, 0.6) is 17.2 Å². The number of ether oxygens (including phenoxy) is 3. The Kier molecular flexibility index (Phi) is 8.14. The van der Waals surface area contributed by atoms with E-state index < -0.39 is 29.5 Å². The van der Waals surface area contributed by atoms with Crippen LogP contribution in [0.3, 0.4) is 0 Å². The minimum atomic E-state index is -0.633. The van der Waals surface area contributed by atoms with Crippen LogP contribution in [0.2, 0.25) is 0 Å². The van der Waals surface area contributed by atoms with Crippen molar-refractivity contribution in [2.75, 3.05) is 32.2 Å². The molecule has 0 aromatic heterocycles. The van der Waals surface area contributed by atoms with Crippen molar-refractivity contribution < 1.29 is 33.4 Å². The molecule has 11 heteroatoms. The second kappa shape index (κ2) is 11.2. The molecule has 178 valence electrons. The highest BCUT2D eigenvalue weighted by Gasteiger charge is 2.36. The van der Waals surface area contributed by atoms with Gasteiger partial charge in [-0.25, -0.2) is 0 Å². The monoisotopic (exact) mass is 485 g/mol. The maximum atomic E-state index is 12.7. The first kappa shape index (κ1) is 24.6. The first-order valence-corrected chi connectivity index (χ1v) is 11.0. The molecular formula is C23H23N3O7S. The number of primary amides is 1. The number of hydrogen-bond donors (Lipinski definition) is 2. The maximum absolute atomic E-state index is 12.7. The molecule has 0 unspecified atom stereocenters. The summed E-state index contributed by atoms with van der Waals surface area (Å²) in [4.78, 5) is 49.4. The van der Waals surface area contributed by atoms with E-state index in [1.807, 2.05) is 6.92 Å². The van der Waals surface area contributed by atoms with Gasteiger partial charge in [-0.2, -0.15) is 0 Å². The van der Waals surface area contributed by atoms with Gasteiger partial charge in [-0.3, -0.25) is 24.1 Å². The van der Waals surface area contributed by atoms with E-state index in [1.54, 1.807) is 42.5 Å². The van der Waals surface area contributed by atoms with Gasteiger partial charge < -0.3 is 25.3 Å². The maximum Gasteiger partial charge on any atom is 0.294 e. The molecular weight excluding hydrogens is 462 g/mol. The lowest BCUT2D eigenvalue weighted by molar-refractivity contribution is -0.127.